The lowest BCUT2D eigenvalue weighted by atomic mass is 10.1. The molecule has 0 aromatic carbocycles. The summed E-state index contributed by atoms with van der Waals surface area (Å²) in [5.74, 6) is 0.484. The Labute approximate surface area is 94.8 Å². The molecule has 0 bridgehead atoms. The van der Waals surface area contributed by atoms with Crippen LogP contribution in [0.4, 0.5) is 5.82 Å². The Morgan fingerprint density at radius 2 is 2.19 bits per heavy atom. The molecule has 1 aliphatic rings. The van der Waals surface area contributed by atoms with Gasteiger partial charge in [-0.05, 0) is 25.7 Å². The number of aromatic nitrogens is 2. The summed E-state index contributed by atoms with van der Waals surface area (Å²) in [6.07, 6.45) is 3.45. The largest absolute Gasteiger partial charge is 0.383 e. The van der Waals surface area contributed by atoms with Gasteiger partial charge in [-0.2, -0.15) is 5.10 Å². The maximum absolute atomic E-state index is 11.2. The van der Waals surface area contributed by atoms with Crippen molar-refractivity contribution in [3.05, 3.63) is 11.3 Å². The maximum Gasteiger partial charge on any atom is 0.254 e. The van der Waals surface area contributed by atoms with Crippen molar-refractivity contribution >= 4 is 11.7 Å². The first-order valence-corrected chi connectivity index (χ1v) is 5.66. The van der Waals surface area contributed by atoms with E-state index in [1.54, 1.807) is 11.6 Å². The highest BCUT2D eigenvalue weighted by Crippen LogP contribution is 2.37. The molecule has 5 nitrogen and oxygen atoms in total. The zero-order valence-electron chi connectivity index (χ0n) is 9.73. The molecule has 16 heavy (non-hydrogen) atoms. The molecule has 1 aromatic heterocycles. The highest BCUT2D eigenvalue weighted by Gasteiger charge is 2.29. The van der Waals surface area contributed by atoms with E-state index >= 15 is 0 Å². The average Bonchev–Trinajstić information content (AvgIpc) is 2.70. The van der Waals surface area contributed by atoms with Gasteiger partial charge in [-0.1, -0.05) is 13.3 Å². The first kappa shape index (κ1) is 11.0. The smallest absolute Gasteiger partial charge is 0.254 e. The van der Waals surface area contributed by atoms with E-state index in [2.05, 4.69) is 12.0 Å². The van der Waals surface area contributed by atoms with Crippen molar-refractivity contribution in [3.63, 3.8) is 0 Å². The molecular formula is C11H18N4O. The van der Waals surface area contributed by atoms with Gasteiger partial charge in [-0.3, -0.25) is 4.79 Å². The van der Waals surface area contributed by atoms with Gasteiger partial charge in [-0.15, -0.1) is 0 Å². The second kappa shape index (κ2) is 3.81. The molecule has 1 saturated carbocycles. The zero-order valence-corrected chi connectivity index (χ0v) is 9.73. The van der Waals surface area contributed by atoms with Crippen molar-refractivity contribution in [1.29, 1.82) is 0 Å². The molecule has 1 amide bonds. The second-order valence-corrected chi connectivity index (χ2v) is 4.63. The van der Waals surface area contributed by atoms with E-state index in [1.807, 2.05) is 0 Å². The van der Waals surface area contributed by atoms with Gasteiger partial charge in [0.15, 0.2) is 0 Å². The minimum absolute atomic E-state index is 0.312. The van der Waals surface area contributed by atoms with E-state index in [0.29, 0.717) is 29.0 Å². The topological polar surface area (TPSA) is 86.9 Å². The summed E-state index contributed by atoms with van der Waals surface area (Å²) in [5.41, 5.74) is 12.2. The molecule has 1 heterocycles. The van der Waals surface area contributed by atoms with Crippen molar-refractivity contribution in [2.45, 2.75) is 39.2 Å². The predicted molar refractivity (Wildman–Crippen MR) is 61.9 cm³/mol. The third kappa shape index (κ3) is 1.56. The summed E-state index contributed by atoms with van der Waals surface area (Å²) >= 11 is 0. The molecule has 1 fully saturated rings. The number of hydrogen-bond donors (Lipinski definition) is 2. The summed E-state index contributed by atoms with van der Waals surface area (Å²) in [6.45, 7) is 3.96. The number of carbonyl (C=O) groups is 1. The molecule has 0 radical (unpaired) electrons. The van der Waals surface area contributed by atoms with Crippen molar-refractivity contribution in [2.24, 2.45) is 11.7 Å². The van der Waals surface area contributed by atoms with Gasteiger partial charge < -0.3 is 11.5 Å². The molecular weight excluding hydrogens is 204 g/mol. The second-order valence-electron chi connectivity index (χ2n) is 4.63. The number of rotatable bonds is 2. The molecule has 0 saturated heterocycles. The number of aryl methyl sites for hydroxylation is 1. The van der Waals surface area contributed by atoms with Crippen molar-refractivity contribution in [1.82, 2.24) is 9.78 Å². The van der Waals surface area contributed by atoms with Crippen LogP contribution in [0.5, 0.6) is 0 Å². The van der Waals surface area contributed by atoms with Crippen molar-refractivity contribution < 1.29 is 4.79 Å². The minimum Gasteiger partial charge on any atom is -0.383 e. The fourth-order valence-corrected chi connectivity index (χ4v) is 2.61. The predicted octanol–water partition coefficient (Wildman–Crippen LogP) is 1.23. The van der Waals surface area contributed by atoms with Crippen LogP contribution in [0.25, 0.3) is 0 Å². The van der Waals surface area contributed by atoms with Gasteiger partial charge in [0, 0.05) is 0 Å². The van der Waals surface area contributed by atoms with Gasteiger partial charge >= 0.3 is 0 Å². The average molecular weight is 222 g/mol. The third-order valence-corrected chi connectivity index (χ3v) is 3.50. The van der Waals surface area contributed by atoms with Crippen LogP contribution >= 0.6 is 0 Å². The van der Waals surface area contributed by atoms with E-state index in [0.717, 1.165) is 6.42 Å². The van der Waals surface area contributed by atoms with Crippen LogP contribution in [0.15, 0.2) is 0 Å². The molecule has 88 valence electrons. The van der Waals surface area contributed by atoms with E-state index in [4.69, 9.17) is 11.5 Å². The lowest BCUT2D eigenvalue weighted by Crippen LogP contribution is -2.18. The molecule has 1 aliphatic carbocycles. The van der Waals surface area contributed by atoms with Gasteiger partial charge in [-0.25, -0.2) is 4.68 Å². The summed E-state index contributed by atoms with van der Waals surface area (Å²) < 4.78 is 1.78. The fourth-order valence-electron chi connectivity index (χ4n) is 2.61. The number of amides is 1. The van der Waals surface area contributed by atoms with Crippen LogP contribution in [0.1, 0.15) is 48.3 Å². The molecule has 2 atom stereocenters. The number of nitrogen functional groups attached to an aromatic ring is 1. The molecule has 0 spiro atoms. The highest BCUT2D eigenvalue weighted by molar-refractivity contribution is 5.98. The van der Waals surface area contributed by atoms with E-state index in [1.165, 1.54) is 12.8 Å². The highest BCUT2D eigenvalue weighted by atomic mass is 16.1. The Morgan fingerprint density at radius 3 is 2.62 bits per heavy atom. The van der Waals surface area contributed by atoms with Crippen LogP contribution in [0, 0.1) is 12.8 Å². The number of carbonyl (C=O) groups excluding carboxylic acids is 1. The van der Waals surface area contributed by atoms with Crippen LogP contribution in [0.2, 0.25) is 0 Å². The monoisotopic (exact) mass is 222 g/mol. The summed E-state index contributed by atoms with van der Waals surface area (Å²) in [4.78, 5) is 11.2. The van der Waals surface area contributed by atoms with Gasteiger partial charge in [0.2, 0.25) is 0 Å². The summed E-state index contributed by atoms with van der Waals surface area (Å²) in [7, 11) is 0. The Morgan fingerprint density at radius 1 is 1.50 bits per heavy atom. The summed E-state index contributed by atoms with van der Waals surface area (Å²) in [6, 6.07) is 0.312. The molecule has 4 N–H and O–H groups in total. The first-order chi connectivity index (χ1) is 7.52. The van der Waals surface area contributed by atoms with Crippen LogP contribution < -0.4 is 11.5 Å². The number of primary amides is 1. The normalized spacial score (nSPS) is 24.9. The molecule has 5 heteroatoms. The Hall–Kier alpha value is -1.52. The van der Waals surface area contributed by atoms with Crippen LogP contribution in [0.3, 0.4) is 0 Å². The number of nitrogens with two attached hydrogens (primary N) is 2. The number of nitrogens with zero attached hydrogens (tertiary/aromatic N) is 2. The third-order valence-electron chi connectivity index (χ3n) is 3.50. The van der Waals surface area contributed by atoms with E-state index < -0.39 is 5.91 Å². The quantitative estimate of drug-likeness (QED) is 0.789. The molecule has 2 rings (SSSR count). The Bertz CT molecular complexity index is 424. The molecule has 0 aliphatic heterocycles. The SMILES string of the molecule is Cc1nn(C2CCCC2C)c(N)c1C(N)=O. The number of anilines is 1. The molecule has 1 aromatic rings. The lowest BCUT2D eigenvalue weighted by molar-refractivity contribution is 0.100. The van der Waals surface area contributed by atoms with Gasteiger partial charge in [0.05, 0.1) is 11.7 Å². The minimum atomic E-state index is -0.494. The van der Waals surface area contributed by atoms with Crippen LogP contribution in [-0.4, -0.2) is 15.7 Å². The van der Waals surface area contributed by atoms with E-state index in [9.17, 15) is 4.79 Å². The van der Waals surface area contributed by atoms with Gasteiger partial charge in [0.25, 0.3) is 5.91 Å². The first-order valence-electron chi connectivity index (χ1n) is 5.66. The Kier molecular flexibility index (Phi) is 2.61. The number of hydrogen-bond acceptors (Lipinski definition) is 3. The molecule has 2 unspecified atom stereocenters. The van der Waals surface area contributed by atoms with Crippen molar-refractivity contribution in [3.8, 4) is 0 Å². The Balaban J connectivity index is 2.42. The van der Waals surface area contributed by atoms with Crippen LogP contribution in [-0.2, 0) is 0 Å². The summed E-state index contributed by atoms with van der Waals surface area (Å²) in [5, 5.41) is 4.35. The lowest BCUT2D eigenvalue weighted by Gasteiger charge is -2.17. The maximum atomic E-state index is 11.2. The van der Waals surface area contributed by atoms with Crippen molar-refractivity contribution in [2.75, 3.05) is 5.73 Å². The standard InChI is InChI=1S/C11H18N4O/c1-6-4-3-5-8(6)15-10(12)9(11(13)16)7(2)14-15/h6,8H,3-5,12H2,1-2H3,(H2,13,16). The van der Waals surface area contributed by atoms with Gasteiger partial charge in [0.1, 0.15) is 11.4 Å². The fraction of sp³-hybridized carbons (Fsp3) is 0.636. The van der Waals surface area contributed by atoms with E-state index in [-0.39, 0.29) is 0 Å². The zero-order chi connectivity index (χ0) is 11.9.